The zero-order chi connectivity index (χ0) is 12.7. The Hall–Kier alpha value is -1.26. The molecular formula is C13H22N2O2. The summed E-state index contributed by atoms with van der Waals surface area (Å²) in [6.45, 7) is 4.73. The van der Waals surface area contributed by atoms with Crippen LogP contribution in [0.5, 0.6) is 5.75 Å². The van der Waals surface area contributed by atoms with Gasteiger partial charge in [0.2, 0.25) is 0 Å². The lowest BCUT2D eigenvalue weighted by Gasteiger charge is -2.21. The van der Waals surface area contributed by atoms with Crippen LogP contribution in [0.15, 0.2) is 18.2 Å². The summed E-state index contributed by atoms with van der Waals surface area (Å²) >= 11 is 0. The van der Waals surface area contributed by atoms with E-state index in [1.807, 2.05) is 18.2 Å². The number of methoxy groups -OCH3 is 1. The standard InChI is InChI=1S/C13H22N2O2/c1-3-6-15(7-8-16)10-11-4-5-12(14)9-13(11)17-2/h4-5,9,16H,3,6-8,10,14H2,1-2H3. The van der Waals surface area contributed by atoms with E-state index in [2.05, 4.69) is 11.8 Å². The molecule has 0 bridgehead atoms. The predicted molar refractivity (Wildman–Crippen MR) is 70.1 cm³/mol. The third-order valence-corrected chi connectivity index (χ3v) is 2.66. The van der Waals surface area contributed by atoms with Gasteiger partial charge in [-0.05, 0) is 19.0 Å². The average Bonchev–Trinajstić information content (AvgIpc) is 2.32. The highest BCUT2D eigenvalue weighted by Crippen LogP contribution is 2.22. The highest BCUT2D eigenvalue weighted by Gasteiger charge is 2.09. The summed E-state index contributed by atoms with van der Waals surface area (Å²) in [7, 11) is 1.65. The summed E-state index contributed by atoms with van der Waals surface area (Å²) in [6.07, 6.45) is 1.07. The number of hydrogen-bond acceptors (Lipinski definition) is 4. The molecule has 1 aromatic carbocycles. The number of anilines is 1. The molecule has 3 N–H and O–H groups in total. The second-order valence-electron chi connectivity index (χ2n) is 4.07. The Labute approximate surface area is 103 Å². The zero-order valence-electron chi connectivity index (χ0n) is 10.6. The molecule has 0 unspecified atom stereocenters. The Morgan fingerprint density at radius 2 is 2.12 bits per heavy atom. The molecule has 4 heteroatoms. The predicted octanol–water partition coefficient (Wildman–Crippen LogP) is 1.48. The summed E-state index contributed by atoms with van der Waals surface area (Å²) in [4.78, 5) is 2.20. The molecule has 0 aliphatic heterocycles. The third kappa shape index (κ3) is 4.24. The molecule has 0 aliphatic carbocycles. The lowest BCUT2D eigenvalue weighted by atomic mass is 10.1. The minimum absolute atomic E-state index is 0.178. The van der Waals surface area contributed by atoms with E-state index in [0.717, 1.165) is 30.8 Å². The van der Waals surface area contributed by atoms with E-state index < -0.39 is 0 Å². The van der Waals surface area contributed by atoms with E-state index >= 15 is 0 Å². The Bertz CT molecular complexity index is 336. The molecule has 0 heterocycles. The van der Waals surface area contributed by atoms with Crippen molar-refractivity contribution in [3.63, 3.8) is 0 Å². The SMILES string of the molecule is CCCN(CCO)Cc1ccc(N)cc1OC. The largest absolute Gasteiger partial charge is 0.496 e. The number of nitrogen functional groups attached to an aromatic ring is 1. The van der Waals surface area contributed by atoms with Crippen LogP contribution < -0.4 is 10.5 Å². The normalized spacial score (nSPS) is 10.8. The number of rotatable bonds is 7. The fourth-order valence-electron chi connectivity index (χ4n) is 1.86. The van der Waals surface area contributed by atoms with E-state index in [9.17, 15) is 0 Å². The molecule has 0 amide bonds. The van der Waals surface area contributed by atoms with Gasteiger partial charge in [0.25, 0.3) is 0 Å². The number of benzene rings is 1. The van der Waals surface area contributed by atoms with Crippen molar-refractivity contribution in [1.29, 1.82) is 0 Å². The van der Waals surface area contributed by atoms with Gasteiger partial charge in [-0.3, -0.25) is 4.90 Å². The zero-order valence-corrected chi connectivity index (χ0v) is 10.6. The van der Waals surface area contributed by atoms with Crippen LogP contribution in [-0.4, -0.2) is 36.8 Å². The first-order valence-corrected chi connectivity index (χ1v) is 5.96. The molecule has 0 saturated carbocycles. The van der Waals surface area contributed by atoms with Crippen LogP contribution in [0.4, 0.5) is 5.69 Å². The van der Waals surface area contributed by atoms with Crippen molar-refractivity contribution >= 4 is 5.69 Å². The molecule has 1 rings (SSSR count). The minimum Gasteiger partial charge on any atom is -0.496 e. The lowest BCUT2D eigenvalue weighted by Crippen LogP contribution is -2.27. The Morgan fingerprint density at radius 1 is 1.35 bits per heavy atom. The fraction of sp³-hybridized carbons (Fsp3) is 0.538. The molecule has 0 aliphatic rings. The highest BCUT2D eigenvalue weighted by atomic mass is 16.5. The molecule has 0 aromatic heterocycles. The molecule has 0 spiro atoms. The van der Waals surface area contributed by atoms with Gasteiger partial charge in [0, 0.05) is 30.4 Å². The van der Waals surface area contributed by atoms with Crippen molar-refractivity contribution in [3.05, 3.63) is 23.8 Å². The molecule has 4 nitrogen and oxygen atoms in total. The minimum atomic E-state index is 0.178. The van der Waals surface area contributed by atoms with Crippen molar-refractivity contribution in [2.24, 2.45) is 0 Å². The van der Waals surface area contributed by atoms with Gasteiger partial charge >= 0.3 is 0 Å². The van der Waals surface area contributed by atoms with Gasteiger partial charge in [-0.25, -0.2) is 0 Å². The second-order valence-corrected chi connectivity index (χ2v) is 4.07. The molecule has 96 valence electrons. The lowest BCUT2D eigenvalue weighted by molar-refractivity contribution is 0.189. The summed E-state index contributed by atoms with van der Waals surface area (Å²) in [5.41, 5.74) is 7.52. The van der Waals surface area contributed by atoms with E-state index in [0.29, 0.717) is 12.2 Å². The number of hydrogen-bond donors (Lipinski definition) is 2. The maximum absolute atomic E-state index is 9.02. The summed E-state index contributed by atoms with van der Waals surface area (Å²) in [6, 6.07) is 5.69. The summed E-state index contributed by atoms with van der Waals surface area (Å²) in [5, 5.41) is 9.02. The topological polar surface area (TPSA) is 58.7 Å². The number of aliphatic hydroxyl groups is 1. The first-order valence-electron chi connectivity index (χ1n) is 5.96. The van der Waals surface area contributed by atoms with Gasteiger partial charge < -0.3 is 15.6 Å². The van der Waals surface area contributed by atoms with Crippen LogP contribution >= 0.6 is 0 Å². The molecule has 1 aromatic rings. The third-order valence-electron chi connectivity index (χ3n) is 2.66. The Balaban J connectivity index is 2.76. The van der Waals surface area contributed by atoms with Crippen molar-refractivity contribution < 1.29 is 9.84 Å². The summed E-state index contributed by atoms with van der Waals surface area (Å²) < 4.78 is 5.31. The maximum atomic E-state index is 9.02. The maximum Gasteiger partial charge on any atom is 0.125 e. The number of nitrogens with zero attached hydrogens (tertiary/aromatic N) is 1. The van der Waals surface area contributed by atoms with Crippen molar-refractivity contribution in [1.82, 2.24) is 4.90 Å². The van der Waals surface area contributed by atoms with Gasteiger partial charge in [-0.15, -0.1) is 0 Å². The molecule has 17 heavy (non-hydrogen) atoms. The smallest absolute Gasteiger partial charge is 0.125 e. The Kier molecular flexibility index (Phi) is 5.80. The molecule has 0 atom stereocenters. The summed E-state index contributed by atoms with van der Waals surface area (Å²) in [5.74, 6) is 0.809. The Morgan fingerprint density at radius 3 is 2.71 bits per heavy atom. The van der Waals surface area contributed by atoms with Gasteiger partial charge in [0.1, 0.15) is 5.75 Å². The fourth-order valence-corrected chi connectivity index (χ4v) is 1.86. The molecular weight excluding hydrogens is 216 g/mol. The number of nitrogens with two attached hydrogens (primary N) is 1. The van der Waals surface area contributed by atoms with Crippen LogP contribution in [0.2, 0.25) is 0 Å². The second kappa shape index (κ2) is 7.14. The van der Waals surface area contributed by atoms with Gasteiger partial charge in [0.05, 0.1) is 13.7 Å². The number of ether oxygens (including phenoxy) is 1. The average molecular weight is 238 g/mol. The van der Waals surface area contributed by atoms with Crippen LogP contribution in [0.3, 0.4) is 0 Å². The van der Waals surface area contributed by atoms with Crippen molar-refractivity contribution in [2.75, 3.05) is 32.5 Å². The van der Waals surface area contributed by atoms with E-state index in [-0.39, 0.29) is 6.61 Å². The molecule has 0 radical (unpaired) electrons. The number of aliphatic hydroxyl groups excluding tert-OH is 1. The van der Waals surface area contributed by atoms with Crippen molar-refractivity contribution in [3.8, 4) is 5.75 Å². The quantitative estimate of drug-likeness (QED) is 0.706. The molecule has 0 fully saturated rings. The molecule has 0 saturated heterocycles. The van der Waals surface area contributed by atoms with Crippen LogP contribution in [-0.2, 0) is 6.54 Å². The van der Waals surface area contributed by atoms with Crippen LogP contribution in [0.25, 0.3) is 0 Å². The van der Waals surface area contributed by atoms with E-state index in [1.54, 1.807) is 7.11 Å². The first-order chi connectivity index (χ1) is 8.21. The van der Waals surface area contributed by atoms with E-state index in [1.165, 1.54) is 0 Å². The van der Waals surface area contributed by atoms with E-state index in [4.69, 9.17) is 15.6 Å². The van der Waals surface area contributed by atoms with Crippen LogP contribution in [0.1, 0.15) is 18.9 Å². The van der Waals surface area contributed by atoms with Gasteiger partial charge in [-0.1, -0.05) is 13.0 Å². The highest BCUT2D eigenvalue weighted by molar-refractivity contribution is 5.48. The van der Waals surface area contributed by atoms with Gasteiger partial charge in [0.15, 0.2) is 0 Å². The van der Waals surface area contributed by atoms with Gasteiger partial charge in [-0.2, -0.15) is 0 Å². The first kappa shape index (κ1) is 13.8. The monoisotopic (exact) mass is 238 g/mol. The van der Waals surface area contributed by atoms with Crippen LogP contribution in [0, 0.1) is 0 Å². The van der Waals surface area contributed by atoms with Crippen molar-refractivity contribution in [2.45, 2.75) is 19.9 Å².